The summed E-state index contributed by atoms with van der Waals surface area (Å²) in [5.41, 5.74) is 3.20. The van der Waals surface area contributed by atoms with Crippen molar-refractivity contribution in [3.8, 4) is 0 Å². The molecule has 0 saturated heterocycles. The maximum Gasteiger partial charge on any atom is 0.0653 e. The summed E-state index contributed by atoms with van der Waals surface area (Å²) in [5.74, 6) is 0. The van der Waals surface area contributed by atoms with Crippen molar-refractivity contribution in [2.24, 2.45) is 0 Å². The number of para-hydroxylation sites is 1. The second kappa shape index (κ2) is 4.94. The van der Waals surface area contributed by atoms with Crippen LogP contribution in [0.1, 0.15) is 5.56 Å². The van der Waals surface area contributed by atoms with Crippen LogP contribution in [0.3, 0.4) is 0 Å². The van der Waals surface area contributed by atoms with E-state index >= 15 is 0 Å². The average Bonchev–Trinajstić information content (AvgIpc) is 2.45. The predicted molar refractivity (Wildman–Crippen MR) is 83.4 cm³/mol. The van der Waals surface area contributed by atoms with E-state index in [9.17, 15) is 0 Å². The van der Waals surface area contributed by atoms with Crippen LogP contribution in [-0.2, 0) is 0 Å². The molecule has 1 nitrogen and oxygen atoms in total. The van der Waals surface area contributed by atoms with Gasteiger partial charge in [0.25, 0.3) is 0 Å². The van der Waals surface area contributed by atoms with Crippen LogP contribution in [0.25, 0.3) is 10.8 Å². The monoisotopic (exact) mass is 267 g/mol. The summed E-state index contributed by atoms with van der Waals surface area (Å²) in [6, 6.07) is 20.4. The first-order valence-electron chi connectivity index (χ1n) is 6.25. The summed E-state index contributed by atoms with van der Waals surface area (Å²) < 4.78 is 0. The number of aryl methyl sites for hydroxylation is 1. The maximum absolute atomic E-state index is 6.40. The van der Waals surface area contributed by atoms with Gasteiger partial charge in [-0.05, 0) is 36.1 Å². The van der Waals surface area contributed by atoms with Crippen molar-refractivity contribution < 1.29 is 0 Å². The Balaban J connectivity index is 2.18. The first-order chi connectivity index (χ1) is 9.25. The highest BCUT2D eigenvalue weighted by Crippen LogP contribution is 2.35. The molecule has 3 rings (SSSR count). The average molecular weight is 268 g/mol. The topological polar surface area (TPSA) is 12.0 Å². The van der Waals surface area contributed by atoms with Crippen molar-refractivity contribution in [3.05, 3.63) is 71.2 Å². The summed E-state index contributed by atoms with van der Waals surface area (Å²) in [6.45, 7) is 2.08. The van der Waals surface area contributed by atoms with Crippen LogP contribution < -0.4 is 5.32 Å². The van der Waals surface area contributed by atoms with Crippen molar-refractivity contribution in [2.45, 2.75) is 6.92 Å². The third-order valence-corrected chi connectivity index (χ3v) is 3.54. The van der Waals surface area contributed by atoms with E-state index in [1.54, 1.807) is 0 Å². The van der Waals surface area contributed by atoms with Gasteiger partial charge in [-0.1, -0.05) is 54.1 Å². The van der Waals surface area contributed by atoms with Gasteiger partial charge in [-0.3, -0.25) is 0 Å². The molecule has 3 aromatic rings. The molecule has 0 amide bonds. The number of rotatable bonds is 2. The molecule has 0 aliphatic heterocycles. The number of nitrogens with one attached hydrogen (secondary N) is 1. The fourth-order valence-corrected chi connectivity index (χ4v) is 2.62. The van der Waals surface area contributed by atoms with Gasteiger partial charge in [0, 0.05) is 11.1 Å². The second-order valence-corrected chi connectivity index (χ2v) is 4.99. The van der Waals surface area contributed by atoms with Gasteiger partial charge in [0.2, 0.25) is 0 Å². The second-order valence-electron chi connectivity index (χ2n) is 4.59. The standard InChI is InChI=1S/C17H14ClN/c1-12-11-16(18)17(15-10-6-5-9-14(12)15)19-13-7-3-2-4-8-13/h2-11,19H,1H3. The minimum absolute atomic E-state index is 0.750. The Morgan fingerprint density at radius 1 is 0.842 bits per heavy atom. The number of anilines is 2. The Morgan fingerprint density at radius 3 is 2.21 bits per heavy atom. The summed E-state index contributed by atoms with van der Waals surface area (Å²) in [4.78, 5) is 0. The lowest BCUT2D eigenvalue weighted by Crippen LogP contribution is -1.93. The van der Waals surface area contributed by atoms with E-state index in [2.05, 4.69) is 30.4 Å². The third-order valence-electron chi connectivity index (χ3n) is 3.25. The lowest BCUT2D eigenvalue weighted by Gasteiger charge is -2.13. The lowest BCUT2D eigenvalue weighted by atomic mass is 10.0. The highest BCUT2D eigenvalue weighted by atomic mass is 35.5. The van der Waals surface area contributed by atoms with Gasteiger partial charge in [-0.25, -0.2) is 0 Å². The van der Waals surface area contributed by atoms with Crippen LogP contribution in [0.15, 0.2) is 60.7 Å². The van der Waals surface area contributed by atoms with Gasteiger partial charge in [0.15, 0.2) is 0 Å². The summed E-state index contributed by atoms with van der Waals surface area (Å²) in [6.07, 6.45) is 0. The molecule has 0 aromatic heterocycles. The maximum atomic E-state index is 6.40. The minimum atomic E-state index is 0.750. The third kappa shape index (κ3) is 2.29. The quantitative estimate of drug-likeness (QED) is 0.642. The molecule has 0 aliphatic rings. The zero-order valence-corrected chi connectivity index (χ0v) is 11.4. The Bertz CT molecular complexity index is 720. The molecule has 0 atom stereocenters. The molecular weight excluding hydrogens is 254 g/mol. The fraction of sp³-hybridized carbons (Fsp3) is 0.0588. The number of hydrogen-bond donors (Lipinski definition) is 1. The molecular formula is C17H14ClN. The Kier molecular flexibility index (Phi) is 3.14. The summed E-state index contributed by atoms with van der Waals surface area (Å²) >= 11 is 6.40. The van der Waals surface area contributed by atoms with E-state index in [4.69, 9.17) is 11.6 Å². The minimum Gasteiger partial charge on any atom is -0.354 e. The van der Waals surface area contributed by atoms with E-state index in [-0.39, 0.29) is 0 Å². The Morgan fingerprint density at radius 2 is 1.47 bits per heavy atom. The number of benzene rings is 3. The SMILES string of the molecule is Cc1cc(Cl)c(Nc2ccccc2)c2ccccc12. The molecule has 94 valence electrons. The number of halogens is 1. The smallest absolute Gasteiger partial charge is 0.0653 e. The van der Waals surface area contributed by atoms with Crippen LogP contribution in [0.5, 0.6) is 0 Å². The first-order valence-corrected chi connectivity index (χ1v) is 6.63. The van der Waals surface area contributed by atoms with Gasteiger partial charge >= 0.3 is 0 Å². The molecule has 2 heteroatoms. The van der Waals surface area contributed by atoms with Crippen molar-refractivity contribution in [3.63, 3.8) is 0 Å². The van der Waals surface area contributed by atoms with Crippen LogP contribution in [0.4, 0.5) is 11.4 Å². The van der Waals surface area contributed by atoms with Crippen molar-refractivity contribution >= 4 is 33.7 Å². The first kappa shape index (κ1) is 12.1. The highest BCUT2D eigenvalue weighted by molar-refractivity contribution is 6.35. The van der Waals surface area contributed by atoms with Crippen LogP contribution in [-0.4, -0.2) is 0 Å². The molecule has 0 radical (unpaired) electrons. The van der Waals surface area contributed by atoms with E-state index < -0.39 is 0 Å². The molecule has 0 unspecified atom stereocenters. The van der Waals surface area contributed by atoms with E-state index in [0.717, 1.165) is 21.8 Å². The van der Waals surface area contributed by atoms with Crippen LogP contribution >= 0.6 is 11.6 Å². The predicted octanol–water partition coefficient (Wildman–Crippen LogP) is 5.55. The molecule has 0 spiro atoms. The molecule has 19 heavy (non-hydrogen) atoms. The zero-order valence-electron chi connectivity index (χ0n) is 10.7. The van der Waals surface area contributed by atoms with Crippen molar-refractivity contribution in [2.75, 3.05) is 5.32 Å². The van der Waals surface area contributed by atoms with E-state index in [1.165, 1.54) is 10.9 Å². The van der Waals surface area contributed by atoms with Gasteiger partial charge < -0.3 is 5.32 Å². The molecule has 0 aliphatic carbocycles. The lowest BCUT2D eigenvalue weighted by molar-refractivity contribution is 1.50. The normalized spacial score (nSPS) is 10.6. The molecule has 0 bridgehead atoms. The number of hydrogen-bond acceptors (Lipinski definition) is 1. The fourth-order valence-electron chi connectivity index (χ4n) is 2.31. The van der Waals surface area contributed by atoms with Gasteiger partial charge in [0.1, 0.15) is 0 Å². The van der Waals surface area contributed by atoms with Crippen molar-refractivity contribution in [1.29, 1.82) is 0 Å². The van der Waals surface area contributed by atoms with E-state index in [1.807, 2.05) is 42.5 Å². The largest absolute Gasteiger partial charge is 0.354 e. The molecule has 0 saturated carbocycles. The molecule has 3 aromatic carbocycles. The summed E-state index contributed by atoms with van der Waals surface area (Å²) in [5, 5.41) is 6.54. The molecule has 0 heterocycles. The number of fused-ring (bicyclic) bond motifs is 1. The van der Waals surface area contributed by atoms with Crippen LogP contribution in [0.2, 0.25) is 5.02 Å². The molecule has 0 fully saturated rings. The van der Waals surface area contributed by atoms with Gasteiger partial charge in [0.05, 0.1) is 10.7 Å². The van der Waals surface area contributed by atoms with Gasteiger partial charge in [-0.15, -0.1) is 0 Å². The summed E-state index contributed by atoms with van der Waals surface area (Å²) in [7, 11) is 0. The Labute approximate surface area is 117 Å². The Hall–Kier alpha value is -1.99. The zero-order chi connectivity index (χ0) is 13.2. The highest BCUT2D eigenvalue weighted by Gasteiger charge is 2.08. The van der Waals surface area contributed by atoms with Crippen molar-refractivity contribution in [1.82, 2.24) is 0 Å². The van der Waals surface area contributed by atoms with E-state index in [0.29, 0.717) is 0 Å². The molecule has 1 N–H and O–H groups in total. The van der Waals surface area contributed by atoms with Crippen LogP contribution in [0, 0.1) is 6.92 Å². The van der Waals surface area contributed by atoms with Gasteiger partial charge in [-0.2, -0.15) is 0 Å².